The van der Waals surface area contributed by atoms with Crippen molar-refractivity contribution in [1.29, 1.82) is 0 Å². The molecule has 2 aromatic heterocycles. The largest absolute Gasteiger partial charge is 0.452 e. The highest BCUT2D eigenvalue weighted by Crippen LogP contribution is 2.29. The van der Waals surface area contributed by atoms with Crippen LogP contribution in [0.4, 0.5) is 14.5 Å². The minimum absolute atomic E-state index is 0.00449. The highest BCUT2D eigenvalue weighted by molar-refractivity contribution is 6.03. The zero-order valence-electron chi connectivity index (χ0n) is 21.5. The molecule has 3 N–H and O–H groups in total. The Kier molecular flexibility index (Phi) is 8.49. The van der Waals surface area contributed by atoms with Crippen LogP contribution in [-0.4, -0.2) is 65.6 Å². The minimum Gasteiger partial charge on any atom is -0.452 e. The number of anilines is 1. The number of carbonyl (C=O) groups excluding carboxylic acids is 2. The van der Waals surface area contributed by atoms with Gasteiger partial charge in [-0.1, -0.05) is 24.1 Å². The number of amides is 2. The van der Waals surface area contributed by atoms with E-state index in [9.17, 15) is 18.4 Å². The Morgan fingerprint density at radius 3 is 2.80 bits per heavy atom. The monoisotopic (exact) mass is 547 g/mol. The Labute approximate surface area is 229 Å². The zero-order chi connectivity index (χ0) is 27.9. The number of aromatic amines is 1. The molecule has 206 valence electrons. The van der Waals surface area contributed by atoms with Crippen molar-refractivity contribution in [2.45, 2.75) is 18.9 Å². The highest BCUT2D eigenvalue weighted by atomic mass is 19.1. The van der Waals surface area contributed by atoms with Gasteiger partial charge in [0.25, 0.3) is 0 Å². The first kappa shape index (κ1) is 27.1. The second kappa shape index (κ2) is 12.5. The van der Waals surface area contributed by atoms with Gasteiger partial charge in [-0.25, -0.2) is 8.78 Å². The van der Waals surface area contributed by atoms with Crippen molar-refractivity contribution in [2.24, 2.45) is 0 Å². The summed E-state index contributed by atoms with van der Waals surface area (Å²) < 4.78 is 39.8. The number of H-pyrrole nitrogens is 1. The van der Waals surface area contributed by atoms with Crippen LogP contribution in [0.15, 0.2) is 66.3 Å². The van der Waals surface area contributed by atoms with Crippen molar-refractivity contribution < 1.29 is 27.8 Å². The van der Waals surface area contributed by atoms with Gasteiger partial charge in [0.2, 0.25) is 11.8 Å². The second-order valence-electron chi connectivity index (χ2n) is 9.26. The third kappa shape index (κ3) is 6.91. The lowest BCUT2D eigenvalue weighted by Crippen LogP contribution is -2.36. The lowest BCUT2D eigenvalue weighted by Gasteiger charge is -2.24. The molecule has 0 radical (unpaired) electrons. The molecule has 0 saturated carbocycles. The fourth-order valence-corrected chi connectivity index (χ4v) is 4.28. The van der Waals surface area contributed by atoms with Gasteiger partial charge in [0.15, 0.2) is 11.5 Å². The van der Waals surface area contributed by atoms with Gasteiger partial charge in [0.05, 0.1) is 42.7 Å². The van der Waals surface area contributed by atoms with Gasteiger partial charge in [-0.15, -0.1) is 0 Å². The van der Waals surface area contributed by atoms with E-state index in [-0.39, 0.29) is 17.9 Å². The van der Waals surface area contributed by atoms with E-state index in [1.165, 1.54) is 24.3 Å². The fraction of sp³-hybridized carbons (Fsp3) is 0.276. The predicted molar refractivity (Wildman–Crippen MR) is 144 cm³/mol. The highest BCUT2D eigenvalue weighted by Gasteiger charge is 2.22. The van der Waals surface area contributed by atoms with E-state index in [0.29, 0.717) is 42.2 Å². The van der Waals surface area contributed by atoms with E-state index in [2.05, 4.69) is 37.3 Å². The number of nitrogens with zero attached hydrogens (tertiary/aromatic N) is 2. The summed E-state index contributed by atoms with van der Waals surface area (Å²) >= 11 is 0. The number of halogens is 2. The number of hydrogen-bond donors (Lipinski definition) is 3. The molecule has 2 amide bonds. The van der Waals surface area contributed by atoms with Gasteiger partial charge < -0.3 is 25.1 Å². The maximum absolute atomic E-state index is 14.9. The number of morpholine rings is 1. The van der Waals surface area contributed by atoms with Crippen molar-refractivity contribution in [3.05, 3.63) is 77.8 Å². The Hall–Kier alpha value is -4.53. The normalized spacial score (nSPS) is 17.3. The average molecular weight is 548 g/mol. The van der Waals surface area contributed by atoms with Crippen LogP contribution in [0.3, 0.4) is 0 Å². The third-order valence-electron chi connectivity index (χ3n) is 6.29. The summed E-state index contributed by atoms with van der Waals surface area (Å²) in [4.78, 5) is 34.1. The molecule has 0 bridgehead atoms. The molecular formula is C29H27F2N5O4. The smallest absolute Gasteiger partial charge is 0.233 e. The van der Waals surface area contributed by atoms with Crippen molar-refractivity contribution in [2.75, 3.05) is 38.2 Å². The van der Waals surface area contributed by atoms with Crippen LogP contribution in [-0.2, 0) is 14.3 Å². The first-order valence-electron chi connectivity index (χ1n) is 12.8. The van der Waals surface area contributed by atoms with Crippen LogP contribution < -0.4 is 15.4 Å². The number of aromatic nitrogens is 2. The third-order valence-corrected chi connectivity index (χ3v) is 6.29. The van der Waals surface area contributed by atoms with Gasteiger partial charge >= 0.3 is 0 Å². The van der Waals surface area contributed by atoms with E-state index in [1.807, 2.05) is 6.07 Å². The summed E-state index contributed by atoms with van der Waals surface area (Å²) in [6.45, 7) is 3.75. The number of pyridine rings is 1. The Morgan fingerprint density at radius 1 is 1.18 bits per heavy atom. The van der Waals surface area contributed by atoms with Crippen molar-refractivity contribution >= 4 is 28.5 Å². The molecule has 1 aliphatic carbocycles. The quantitative estimate of drug-likeness (QED) is 0.309. The Bertz CT molecular complexity index is 1530. The minimum atomic E-state index is -0.680. The Morgan fingerprint density at radius 2 is 2.00 bits per heavy atom. The molecule has 0 spiro atoms. The van der Waals surface area contributed by atoms with E-state index < -0.39 is 35.9 Å². The number of fused-ring (bicyclic) bond motifs is 1. The molecule has 3 heterocycles. The number of hydrogen-bond acceptors (Lipinski definition) is 6. The van der Waals surface area contributed by atoms with E-state index in [4.69, 9.17) is 9.47 Å². The number of allylic oxidation sites excluding steroid dienone is 1. The molecule has 1 atom stereocenters. The van der Waals surface area contributed by atoms with Gasteiger partial charge in [-0.05, 0) is 30.2 Å². The summed E-state index contributed by atoms with van der Waals surface area (Å²) in [6.07, 6.45) is 3.90. The number of nitrogens with one attached hydrogen (secondary N) is 3. The summed E-state index contributed by atoms with van der Waals surface area (Å²) in [5.74, 6) is 4.17. The molecule has 5 rings (SSSR count). The lowest BCUT2D eigenvalue weighted by molar-refractivity contribution is -0.127. The molecule has 9 nitrogen and oxygen atoms in total. The summed E-state index contributed by atoms with van der Waals surface area (Å²) in [6, 6.07) is 8.41. The molecule has 11 heteroatoms. The first-order valence-corrected chi connectivity index (χ1v) is 12.8. The van der Waals surface area contributed by atoms with Crippen LogP contribution in [0.25, 0.3) is 11.0 Å². The molecule has 1 saturated heterocycles. The average Bonchev–Trinajstić information content (AvgIpc) is 3.36. The number of carbonyl (C=O) groups is 2. The number of para-hydroxylation sites is 1. The van der Waals surface area contributed by atoms with Crippen LogP contribution in [0.1, 0.15) is 18.5 Å². The SMILES string of the molecule is O=C(CC(=O)NC1C=CC(Oc2ccnc3cc(C#CCN4CCOCC4)[nH]c23)=C(F)C1)Nc1ccccc1F. The zero-order valence-corrected chi connectivity index (χ0v) is 21.5. The summed E-state index contributed by atoms with van der Waals surface area (Å²) in [5.41, 5.74) is 1.87. The standard InChI is InChI=1S/C29H27F2N5O4/c30-21-5-1-2-6-23(21)35-28(38)18-27(37)33-20-7-8-25(22(31)16-20)40-26-9-10-32-24-17-19(34-29(24)26)4-3-11-36-12-14-39-15-13-36/h1-2,5-10,17,20,34H,11-16,18H2,(H,33,37)(H,35,38). The Balaban J connectivity index is 1.16. The second-order valence-corrected chi connectivity index (χ2v) is 9.26. The van der Waals surface area contributed by atoms with Crippen molar-refractivity contribution in [3.63, 3.8) is 0 Å². The van der Waals surface area contributed by atoms with Crippen LogP contribution in [0.2, 0.25) is 0 Å². The van der Waals surface area contributed by atoms with Crippen molar-refractivity contribution in [3.8, 4) is 17.6 Å². The number of ether oxygens (including phenoxy) is 2. The maximum atomic E-state index is 14.9. The molecule has 2 aliphatic rings. The van der Waals surface area contributed by atoms with Gasteiger partial charge in [0.1, 0.15) is 23.6 Å². The van der Waals surface area contributed by atoms with Gasteiger partial charge in [0, 0.05) is 31.8 Å². The van der Waals surface area contributed by atoms with Crippen molar-refractivity contribution in [1.82, 2.24) is 20.2 Å². The molecule has 1 aliphatic heterocycles. The lowest BCUT2D eigenvalue weighted by atomic mass is 10.1. The number of rotatable bonds is 7. The fourth-order valence-electron chi connectivity index (χ4n) is 4.28. The summed E-state index contributed by atoms with van der Waals surface area (Å²) in [7, 11) is 0. The maximum Gasteiger partial charge on any atom is 0.233 e. The van der Waals surface area contributed by atoms with Crippen LogP contribution in [0.5, 0.6) is 5.75 Å². The van der Waals surface area contributed by atoms with Gasteiger partial charge in [-0.3, -0.25) is 19.5 Å². The molecule has 3 aromatic rings. The molecule has 1 unspecified atom stereocenters. The first-order chi connectivity index (χ1) is 19.4. The predicted octanol–water partition coefficient (Wildman–Crippen LogP) is 3.42. The number of benzene rings is 1. The molecule has 1 aromatic carbocycles. The summed E-state index contributed by atoms with van der Waals surface area (Å²) in [5, 5.41) is 4.93. The van der Waals surface area contributed by atoms with Gasteiger partial charge in [-0.2, -0.15) is 0 Å². The molecule has 40 heavy (non-hydrogen) atoms. The van der Waals surface area contributed by atoms with E-state index >= 15 is 0 Å². The molecule has 1 fully saturated rings. The van der Waals surface area contributed by atoms with E-state index in [1.54, 1.807) is 24.4 Å². The van der Waals surface area contributed by atoms with Crippen LogP contribution in [0, 0.1) is 17.7 Å². The topological polar surface area (TPSA) is 109 Å². The van der Waals surface area contributed by atoms with E-state index in [0.717, 1.165) is 13.1 Å². The molecular weight excluding hydrogens is 520 g/mol. The van der Waals surface area contributed by atoms with Crippen LogP contribution >= 0.6 is 0 Å².